The standard InChI is InChI=1S/C20H19F2N5/c21-15-4-3-5-16(12-15)25-19-13-20(24-14-23-19)27-10-8-26(9-11-27)18-7-2-1-6-17(18)22/h1-7,12-14H,8-11H2,(H,23,24,25). The molecule has 0 unspecified atom stereocenters. The van der Waals surface area contributed by atoms with E-state index in [1.54, 1.807) is 24.3 Å². The van der Waals surface area contributed by atoms with Gasteiger partial charge >= 0.3 is 0 Å². The summed E-state index contributed by atoms with van der Waals surface area (Å²) >= 11 is 0. The topological polar surface area (TPSA) is 44.3 Å². The van der Waals surface area contributed by atoms with Crippen molar-refractivity contribution in [2.45, 2.75) is 0 Å². The second-order valence-electron chi connectivity index (χ2n) is 6.32. The zero-order chi connectivity index (χ0) is 18.6. The molecule has 138 valence electrons. The number of halogens is 2. The lowest BCUT2D eigenvalue weighted by atomic mass is 10.2. The molecule has 2 aromatic carbocycles. The molecule has 1 saturated heterocycles. The lowest BCUT2D eigenvalue weighted by Crippen LogP contribution is -2.47. The van der Waals surface area contributed by atoms with Crippen molar-refractivity contribution in [1.29, 1.82) is 0 Å². The van der Waals surface area contributed by atoms with Gasteiger partial charge in [0.05, 0.1) is 5.69 Å². The van der Waals surface area contributed by atoms with Gasteiger partial charge in [-0.15, -0.1) is 0 Å². The molecule has 27 heavy (non-hydrogen) atoms. The highest BCUT2D eigenvalue weighted by molar-refractivity contribution is 5.59. The van der Waals surface area contributed by atoms with Gasteiger partial charge in [0.25, 0.3) is 0 Å². The van der Waals surface area contributed by atoms with Crippen LogP contribution in [0.1, 0.15) is 0 Å². The molecule has 0 saturated carbocycles. The van der Waals surface area contributed by atoms with Crippen molar-refractivity contribution in [3.8, 4) is 0 Å². The summed E-state index contributed by atoms with van der Waals surface area (Å²) in [5, 5.41) is 3.09. The van der Waals surface area contributed by atoms with E-state index < -0.39 is 0 Å². The number of benzene rings is 2. The van der Waals surface area contributed by atoms with Gasteiger partial charge in [0.15, 0.2) is 0 Å². The van der Waals surface area contributed by atoms with Crippen LogP contribution in [0.15, 0.2) is 60.9 Å². The maximum Gasteiger partial charge on any atom is 0.146 e. The van der Waals surface area contributed by atoms with Crippen molar-refractivity contribution < 1.29 is 8.78 Å². The summed E-state index contributed by atoms with van der Waals surface area (Å²) in [6.07, 6.45) is 1.49. The highest BCUT2D eigenvalue weighted by Crippen LogP contribution is 2.23. The van der Waals surface area contributed by atoms with E-state index in [9.17, 15) is 8.78 Å². The van der Waals surface area contributed by atoms with Crippen LogP contribution in [0, 0.1) is 11.6 Å². The number of nitrogens with one attached hydrogen (secondary N) is 1. The Balaban J connectivity index is 1.43. The van der Waals surface area contributed by atoms with E-state index in [1.807, 2.05) is 17.0 Å². The van der Waals surface area contributed by atoms with Gasteiger partial charge in [-0.05, 0) is 30.3 Å². The molecule has 1 fully saturated rings. The second-order valence-corrected chi connectivity index (χ2v) is 6.32. The Kier molecular flexibility index (Phi) is 4.82. The molecule has 0 spiro atoms. The molecular weight excluding hydrogens is 348 g/mol. The van der Waals surface area contributed by atoms with Gasteiger partial charge in [-0.25, -0.2) is 18.7 Å². The van der Waals surface area contributed by atoms with Gasteiger partial charge in [0, 0.05) is 37.9 Å². The highest BCUT2D eigenvalue weighted by atomic mass is 19.1. The summed E-state index contributed by atoms with van der Waals surface area (Å²) in [5.74, 6) is 0.882. The summed E-state index contributed by atoms with van der Waals surface area (Å²) in [6.45, 7) is 2.87. The van der Waals surface area contributed by atoms with E-state index in [0.717, 1.165) is 18.9 Å². The molecule has 1 aliphatic heterocycles. The molecule has 7 heteroatoms. The maximum atomic E-state index is 14.0. The molecule has 0 aliphatic carbocycles. The number of nitrogens with zero attached hydrogens (tertiary/aromatic N) is 4. The second kappa shape index (κ2) is 7.57. The highest BCUT2D eigenvalue weighted by Gasteiger charge is 2.20. The van der Waals surface area contributed by atoms with Gasteiger partial charge in [-0.2, -0.15) is 0 Å². The number of anilines is 4. The van der Waals surface area contributed by atoms with E-state index in [0.29, 0.717) is 30.3 Å². The largest absolute Gasteiger partial charge is 0.366 e. The monoisotopic (exact) mass is 367 g/mol. The molecule has 0 radical (unpaired) electrons. The Hall–Kier alpha value is -3.22. The number of hydrogen-bond acceptors (Lipinski definition) is 5. The van der Waals surface area contributed by atoms with Crippen LogP contribution < -0.4 is 15.1 Å². The van der Waals surface area contributed by atoms with Crippen LogP contribution in [-0.2, 0) is 0 Å². The molecule has 1 N–H and O–H groups in total. The van der Waals surface area contributed by atoms with E-state index in [-0.39, 0.29) is 11.6 Å². The van der Waals surface area contributed by atoms with Crippen LogP contribution in [0.25, 0.3) is 0 Å². The zero-order valence-corrected chi connectivity index (χ0v) is 14.6. The van der Waals surface area contributed by atoms with Gasteiger partial charge in [-0.1, -0.05) is 18.2 Å². The lowest BCUT2D eigenvalue weighted by Gasteiger charge is -2.36. The van der Waals surface area contributed by atoms with E-state index >= 15 is 0 Å². The first-order valence-corrected chi connectivity index (χ1v) is 8.78. The van der Waals surface area contributed by atoms with Crippen molar-refractivity contribution in [2.75, 3.05) is 41.3 Å². The summed E-state index contributed by atoms with van der Waals surface area (Å²) in [4.78, 5) is 12.7. The third-order valence-electron chi connectivity index (χ3n) is 4.55. The average Bonchev–Trinajstić information content (AvgIpc) is 2.69. The molecular formula is C20H19F2N5. The minimum atomic E-state index is -0.307. The fourth-order valence-corrected chi connectivity index (χ4v) is 3.19. The van der Waals surface area contributed by atoms with Crippen LogP contribution in [0.4, 0.5) is 31.8 Å². The maximum absolute atomic E-state index is 14.0. The summed E-state index contributed by atoms with van der Waals surface area (Å²) in [7, 11) is 0. The van der Waals surface area contributed by atoms with Crippen molar-refractivity contribution in [1.82, 2.24) is 9.97 Å². The molecule has 1 aliphatic rings. The SMILES string of the molecule is Fc1cccc(Nc2cc(N3CCN(c4ccccc4F)CC3)ncn2)c1. The van der Waals surface area contributed by atoms with Crippen LogP contribution >= 0.6 is 0 Å². The summed E-state index contributed by atoms with van der Waals surface area (Å²) in [6, 6.07) is 14.9. The van der Waals surface area contributed by atoms with Crippen molar-refractivity contribution in [3.63, 3.8) is 0 Å². The molecule has 4 rings (SSSR count). The Bertz CT molecular complexity index is 926. The van der Waals surface area contributed by atoms with Gasteiger partial charge < -0.3 is 15.1 Å². The first-order valence-electron chi connectivity index (χ1n) is 8.78. The van der Waals surface area contributed by atoms with E-state index in [1.165, 1.54) is 24.5 Å². The van der Waals surface area contributed by atoms with Crippen LogP contribution in [-0.4, -0.2) is 36.1 Å². The Morgan fingerprint density at radius 1 is 0.815 bits per heavy atom. The predicted octanol–water partition coefficient (Wildman–Crippen LogP) is 3.83. The average molecular weight is 367 g/mol. The fourth-order valence-electron chi connectivity index (χ4n) is 3.19. The van der Waals surface area contributed by atoms with Crippen LogP contribution in [0.3, 0.4) is 0 Å². The van der Waals surface area contributed by atoms with Crippen molar-refractivity contribution in [2.24, 2.45) is 0 Å². The molecule has 0 atom stereocenters. The number of para-hydroxylation sites is 1. The molecule has 1 aromatic heterocycles. The third-order valence-corrected chi connectivity index (χ3v) is 4.55. The fraction of sp³-hybridized carbons (Fsp3) is 0.200. The van der Waals surface area contributed by atoms with E-state index in [4.69, 9.17) is 0 Å². The minimum Gasteiger partial charge on any atom is -0.366 e. The van der Waals surface area contributed by atoms with Crippen LogP contribution in [0.2, 0.25) is 0 Å². The minimum absolute atomic E-state index is 0.199. The predicted molar refractivity (Wildman–Crippen MR) is 103 cm³/mol. The quantitative estimate of drug-likeness (QED) is 0.759. The zero-order valence-electron chi connectivity index (χ0n) is 14.6. The number of rotatable bonds is 4. The van der Waals surface area contributed by atoms with Crippen LogP contribution in [0.5, 0.6) is 0 Å². The Morgan fingerprint density at radius 3 is 2.37 bits per heavy atom. The summed E-state index contributed by atoms with van der Waals surface area (Å²) in [5.41, 5.74) is 1.26. The third kappa shape index (κ3) is 3.97. The molecule has 0 amide bonds. The first kappa shape index (κ1) is 17.2. The number of aromatic nitrogens is 2. The molecule has 0 bridgehead atoms. The molecule has 3 aromatic rings. The van der Waals surface area contributed by atoms with E-state index in [2.05, 4.69) is 20.2 Å². The Labute approximate surface area is 156 Å². The molecule has 2 heterocycles. The normalized spacial score (nSPS) is 14.3. The first-order chi connectivity index (χ1) is 13.2. The summed E-state index contributed by atoms with van der Waals surface area (Å²) < 4.78 is 27.3. The lowest BCUT2D eigenvalue weighted by molar-refractivity contribution is 0.596. The smallest absolute Gasteiger partial charge is 0.146 e. The van der Waals surface area contributed by atoms with Crippen molar-refractivity contribution >= 4 is 23.0 Å². The number of hydrogen-bond donors (Lipinski definition) is 1. The van der Waals surface area contributed by atoms with Gasteiger partial charge in [0.1, 0.15) is 29.6 Å². The van der Waals surface area contributed by atoms with Gasteiger partial charge in [-0.3, -0.25) is 0 Å². The Morgan fingerprint density at radius 2 is 1.59 bits per heavy atom. The van der Waals surface area contributed by atoms with Gasteiger partial charge in [0.2, 0.25) is 0 Å². The number of piperazine rings is 1. The van der Waals surface area contributed by atoms with Crippen molar-refractivity contribution in [3.05, 3.63) is 72.6 Å². The molecule has 5 nitrogen and oxygen atoms in total.